The smallest absolute Gasteiger partial charge is 0.269 e. The molecule has 9 heteroatoms. The second kappa shape index (κ2) is 8.48. The molecule has 2 heterocycles. The highest BCUT2D eigenvalue weighted by Gasteiger charge is 2.13. The van der Waals surface area contributed by atoms with Gasteiger partial charge in [-0.2, -0.15) is 5.10 Å². The Labute approximate surface area is 186 Å². The highest BCUT2D eigenvalue weighted by Crippen LogP contribution is 2.32. The number of nitrogens with zero attached hydrogens (tertiary/aromatic N) is 4. The standard InChI is InChI=1S/C23H16N4O4S/c28-27(29)19-9-7-17(8-10-19)20-14-32-23(26(20)18-4-2-1-3-5-18)25-24-13-16-6-11-21-22(12-16)31-15-30-21/h1-14H,15H2/b24-13+,25-23+. The van der Waals surface area contributed by atoms with Gasteiger partial charge in [0.25, 0.3) is 5.69 Å². The molecule has 158 valence electrons. The van der Waals surface area contributed by atoms with E-state index in [9.17, 15) is 10.1 Å². The molecule has 0 radical (unpaired) electrons. The molecule has 0 atom stereocenters. The van der Waals surface area contributed by atoms with Crippen LogP contribution in [-0.4, -0.2) is 22.5 Å². The van der Waals surface area contributed by atoms with Gasteiger partial charge in [0.1, 0.15) is 0 Å². The second-order valence-electron chi connectivity index (χ2n) is 6.84. The molecule has 0 spiro atoms. The van der Waals surface area contributed by atoms with Crippen LogP contribution in [0.3, 0.4) is 0 Å². The van der Waals surface area contributed by atoms with Gasteiger partial charge in [-0.05, 0) is 53.6 Å². The van der Waals surface area contributed by atoms with Crippen LogP contribution in [0.2, 0.25) is 0 Å². The number of nitro groups is 1. The monoisotopic (exact) mass is 444 g/mol. The van der Waals surface area contributed by atoms with Crippen LogP contribution < -0.4 is 14.3 Å². The molecule has 5 rings (SSSR count). The highest BCUT2D eigenvalue weighted by atomic mass is 32.1. The zero-order chi connectivity index (χ0) is 21.9. The van der Waals surface area contributed by atoms with Crippen molar-refractivity contribution >= 4 is 23.2 Å². The van der Waals surface area contributed by atoms with Crippen LogP contribution in [0.1, 0.15) is 5.56 Å². The molecule has 4 aromatic rings. The first-order valence-corrected chi connectivity index (χ1v) is 10.5. The molecule has 0 N–H and O–H groups in total. The summed E-state index contributed by atoms with van der Waals surface area (Å²) in [6, 6.07) is 21.8. The molecule has 0 saturated heterocycles. The number of hydrogen-bond donors (Lipinski definition) is 0. The van der Waals surface area contributed by atoms with E-state index in [1.54, 1.807) is 18.3 Å². The Kier molecular flexibility index (Phi) is 5.22. The molecule has 3 aromatic carbocycles. The Morgan fingerprint density at radius 3 is 2.56 bits per heavy atom. The van der Waals surface area contributed by atoms with E-state index in [1.807, 2.05) is 58.5 Å². The lowest BCUT2D eigenvalue weighted by atomic mass is 10.1. The highest BCUT2D eigenvalue weighted by molar-refractivity contribution is 7.07. The summed E-state index contributed by atoms with van der Waals surface area (Å²) >= 11 is 1.44. The van der Waals surface area contributed by atoms with E-state index in [2.05, 4.69) is 10.2 Å². The van der Waals surface area contributed by atoms with Crippen molar-refractivity contribution in [2.24, 2.45) is 10.2 Å². The average molecular weight is 444 g/mol. The SMILES string of the molecule is O=[N+]([O-])c1ccc(-c2cs/c(=N/N=C/c3ccc4c(c3)OCO4)n2-c2ccccc2)cc1. The third-order valence-electron chi connectivity index (χ3n) is 4.84. The van der Waals surface area contributed by atoms with E-state index >= 15 is 0 Å². The van der Waals surface area contributed by atoms with Crippen LogP contribution in [0, 0.1) is 10.1 Å². The molecule has 0 unspecified atom stereocenters. The first-order chi connectivity index (χ1) is 15.7. The minimum atomic E-state index is -0.408. The predicted molar refractivity (Wildman–Crippen MR) is 121 cm³/mol. The van der Waals surface area contributed by atoms with Crippen molar-refractivity contribution in [1.29, 1.82) is 0 Å². The maximum absolute atomic E-state index is 11.0. The normalized spacial score (nSPS) is 13.1. The van der Waals surface area contributed by atoms with Crippen LogP contribution in [0.4, 0.5) is 5.69 Å². The number of rotatable bonds is 5. The van der Waals surface area contributed by atoms with E-state index in [1.165, 1.54) is 23.5 Å². The molecule has 0 aliphatic carbocycles. The van der Waals surface area contributed by atoms with Gasteiger partial charge < -0.3 is 9.47 Å². The zero-order valence-electron chi connectivity index (χ0n) is 16.6. The van der Waals surface area contributed by atoms with Gasteiger partial charge in [0.2, 0.25) is 11.6 Å². The number of hydrogen-bond acceptors (Lipinski definition) is 7. The van der Waals surface area contributed by atoms with Crippen molar-refractivity contribution in [3.05, 3.63) is 98.7 Å². The summed E-state index contributed by atoms with van der Waals surface area (Å²) in [5, 5.41) is 21.7. The fraction of sp³-hybridized carbons (Fsp3) is 0.0435. The Morgan fingerprint density at radius 2 is 1.78 bits per heavy atom. The summed E-state index contributed by atoms with van der Waals surface area (Å²) in [4.78, 5) is 11.3. The van der Waals surface area contributed by atoms with E-state index < -0.39 is 4.92 Å². The summed E-state index contributed by atoms with van der Waals surface area (Å²) < 4.78 is 12.7. The Hall–Kier alpha value is -4.24. The minimum Gasteiger partial charge on any atom is -0.454 e. The number of benzene rings is 3. The second-order valence-corrected chi connectivity index (χ2v) is 7.67. The minimum absolute atomic E-state index is 0.0495. The van der Waals surface area contributed by atoms with Crippen molar-refractivity contribution in [2.45, 2.75) is 0 Å². The van der Waals surface area contributed by atoms with Crippen LogP contribution in [0.15, 0.2) is 88.4 Å². The first-order valence-electron chi connectivity index (χ1n) is 9.66. The van der Waals surface area contributed by atoms with Gasteiger partial charge in [0.05, 0.1) is 16.8 Å². The molecule has 8 nitrogen and oxygen atoms in total. The maximum atomic E-state index is 11.0. The summed E-state index contributed by atoms with van der Waals surface area (Å²) in [6.45, 7) is 0.220. The molecular formula is C23H16N4O4S. The fourth-order valence-corrected chi connectivity index (χ4v) is 4.16. The summed E-state index contributed by atoms with van der Waals surface area (Å²) in [6.07, 6.45) is 1.66. The quantitative estimate of drug-likeness (QED) is 0.252. The molecule has 32 heavy (non-hydrogen) atoms. The van der Waals surface area contributed by atoms with Crippen molar-refractivity contribution in [3.63, 3.8) is 0 Å². The lowest BCUT2D eigenvalue weighted by Crippen LogP contribution is -2.13. The van der Waals surface area contributed by atoms with Gasteiger partial charge in [0, 0.05) is 23.2 Å². The Morgan fingerprint density at radius 1 is 1.00 bits per heavy atom. The molecule has 0 fully saturated rings. The van der Waals surface area contributed by atoms with E-state index in [-0.39, 0.29) is 12.5 Å². The number of non-ortho nitro benzene ring substituents is 1. The number of aromatic nitrogens is 1. The topological polar surface area (TPSA) is 91.2 Å². The molecule has 0 amide bonds. The third kappa shape index (κ3) is 3.88. The number of fused-ring (bicyclic) bond motifs is 1. The summed E-state index contributed by atoms with van der Waals surface area (Å²) in [5.41, 5.74) is 3.52. The number of para-hydroxylation sites is 1. The maximum Gasteiger partial charge on any atom is 0.269 e. The largest absolute Gasteiger partial charge is 0.454 e. The Balaban J connectivity index is 1.54. The van der Waals surface area contributed by atoms with Crippen molar-refractivity contribution in [3.8, 4) is 28.4 Å². The van der Waals surface area contributed by atoms with Crippen molar-refractivity contribution in [2.75, 3.05) is 6.79 Å². The van der Waals surface area contributed by atoms with E-state index in [0.717, 1.165) is 22.5 Å². The average Bonchev–Trinajstić information content (AvgIpc) is 3.46. The Bertz CT molecular complexity index is 1380. The third-order valence-corrected chi connectivity index (χ3v) is 5.66. The van der Waals surface area contributed by atoms with Crippen LogP contribution in [0.5, 0.6) is 11.5 Å². The summed E-state index contributed by atoms with van der Waals surface area (Å²) in [7, 11) is 0. The molecular weight excluding hydrogens is 428 g/mol. The molecule has 1 aliphatic rings. The van der Waals surface area contributed by atoms with Crippen LogP contribution >= 0.6 is 11.3 Å². The lowest BCUT2D eigenvalue weighted by molar-refractivity contribution is -0.384. The van der Waals surface area contributed by atoms with Gasteiger partial charge in [-0.1, -0.05) is 18.2 Å². The summed E-state index contributed by atoms with van der Waals surface area (Å²) in [5.74, 6) is 1.40. The fourth-order valence-electron chi connectivity index (χ4n) is 3.30. The van der Waals surface area contributed by atoms with Crippen LogP contribution in [-0.2, 0) is 0 Å². The van der Waals surface area contributed by atoms with Gasteiger partial charge in [0.15, 0.2) is 11.5 Å². The first kappa shape index (κ1) is 19.7. The van der Waals surface area contributed by atoms with Crippen molar-refractivity contribution in [1.82, 2.24) is 4.57 Å². The van der Waals surface area contributed by atoms with Crippen LogP contribution in [0.25, 0.3) is 16.9 Å². The molecule has 0 saturated carbocycles. The van der Waals surface area contributed by atoms with E-state index in [0.29, 0.717) is 16.3 Å². The number of thiazole rings is 1. The van der Waals surface area contributed by atoms with Gasteiger partial charge in [-0.15, -0.1) is 16.4 Å². The lowest BCUT2D eigenvalue weighted by Gasteiger charge is -2.08. The van der Waals surface area contributed by atoms with Gasteiger partial charge in [-0.3, -0.25) is 14.7 Å². The van der Waals surface area contributed by atoms with Crippen molar-refractivity contribution < 1.29 is 14.4 Å². The predicted octanol–water partition coefficient (Wildman–Crippen LogP) is 4.78. The number of ether oxygens (including phenoxy) is 2. The van der Waals surface area contributed by atoms with Gasteiger partial charge >= 0.3 is 0 Å². The zero-order valence-corrected chi connectivity index (χ0v) is 17.4. The molecule has 1 aromatic heterocycles. The molecule has 1 aliphatic heterocycles. The van der Waals surface area contributed by atoms with E-state index in [4.69, 9.17) is 9.47 Å². The molecule has 0 bridgehead atoms. The number of nitro benzene ring substituents is 1. The van der Waals surface area contributed by atoms with Gasteiger partial charge in [-0.25, -0.2) is 0 Å².